The van der Waals surface area contributed by atoms with Crippen LogP contribution in [0.25, 0.3) is 0 Å². The van der Waals surface area contributed by atoms with Crippen LogP contribution in [0.15, 0.2) is 0 Å². The van der Waals surface area contributed by atoms with Crippen molar-refractivity contribution < 1.29 is 53.7 Å². The smallest absolute Gasteiger partial charge is 0.326 e. The standard InChI is InChI=1S/C35H61N5O11/c1-40(24-25-41)33(47)26(36)16-14-15-23-37-29(42)21-19-27(34(48)49)39-31(44)22-20-28(35(50)51)38-30(43)17-12-10-8-6-4-2-3-5-7-9-11-13-18-32(45)46/h25-28H,2-24,36H2,1H3,(H,37,42)(H,38,43)(H,39,44)(H,45,46)(H,48,49)(H,50,51). The molecule has 0 aromatic heterocycles. The molecule has 16 heteroatoms. The first-order chi connectivity index (χ1) is 24.3. The Labute approximate surface area is 301 Å². The number of nitrogens with one attached hydrogen (secondary N) is 3. The van der Waals surface area contributed by atoms with Crippen LogP contribution in [0.1, 0.15) is 135 Å². The molecule has 3 atom stereocenters. The van der Waals surface area contributed by atoms with Gasteiger partial charge in [-0.15, -0.1) is 0 Å². The zero-order chi connectivity index (χ0) is 38.4. The third kappa shape index (κ3) is 26.4. The van der Waals surface area contributed by atoms with Gasteiger partial charge in [0.25, 0.3) is 0 Å². The van der Waals surface area contributed by atoms with Gasteiger partial charge in [-0.05, 0) is 44.9 Å². The molecule has 51 heavy (non-hydrogen) atoms. The lowest BCUT2D eigenvalue weighted by Gasteiger charge is -2.19. The first-order valence-electron chi connectivity index (χ1n) is 18.2. The van der Waals surface area contributed by atoms with Gasteiger partial charge in [-0.2, -0.15) is 0 Å². The van der Waals surface area contributed by atoms with Crippen molar-refractivity contribution in [3.8, 4) is 0 Å². The number of carbonyl (C=O) groups is 8. The highest BCUT2D eigenvalue weighted by atomic mass is 16.4. The lowest BCUT2D eigenvalue weighted by molar-refractivity contribution is -0.143. The van der Waals surface area contributed by atoms with Gasteiger partial charge in [-0.25, -0.2) is 9.59 Å². The summed E-state index contributed by atoms with van der Waals surface area (Å²) < 4.78 is 0. The normalized spacial score (nSPS) is 12.6. The Kier molecular flexibility index (Phi) is 27.3. The molecular formula is C35H61N5O11. The molecule has 0 saturated heterocycles. The molecule has 0 aromatic rings. The maximum atomic E-state index is 12.4. The molecule has 4 amide bonds. The average molecular weight is 728 g/mol. The summed E-state index contributed by atoms with van der Waals surface area (Å²) >= 11 is 0. The molecule has 0 fully saturated rings. The highest BCUT2D eigenvalue weighted by molar-refractivity contribution is 5.86. The van der Waals surface area contributed by atoms with Crippen molar-refractivity contribution in [2.45, 2.75) is 153 Å². The Hall–Kier alpha value is -4.08. The molecule has 0 saturated carbocycles. The Morgan fingerprint density at radius 3 is 1.47 bits per heavy atom. The van der Waals surface area contributed by atoms with Crippen LogP contribution in [-0.2, 0) is 38.4 Å². The minimum Gasteiger partial charge on any atom is -0.481 e. The summed E-state index contributed by atoms with van der Waals surface area (Å²) in [5.41, 5.74) is 5.83. The summed E-state index contributed by atoms with van der Waals surface area (Å²) in [6.45, 7) is 0.228. The summed E-state index contributed by atoms with van der Waals surface area (Å²) in [4.78, 5) is 94.5. The Bertz CT molecular complexity index is 1090. The second-order valence-electron chi connectivity index (χ2n) is 13.0. The lowest BCUT2D eigenvalue weighted by Crippen LogP contribution is -2.44. The van der Waals surface area contributed by atoms with Crippen molar-refractivity contribution in [3.05, 3.63) is 0 Å². The minimum absolute atomic E-state index is 0.0481. The lowest BCUT2D eigenvalue weighted by atomic mass is 10.0. The van der Waals surface area contributed by atoms with Crippen molar-refractivity contribution in [3.63, 3.8) is 0 Å². The van der Waals surface area contributed by atoms with Gasteiger partial charge in [0.1, 0.15) is 18.4 Å². The van der Waals surface area contributed by atoms with Crippen LogP contribution in [0, 0.1) is 0 Å². The molecule has 3 unspecified atom stereocenters. The summed E-state index contributed by atoms with van der Waals surface area (Å²) in [5.74, 6) is -5.32. The maximum Gasteiger partial charge on any atom is 0.326 e. The van der Waals surface area contributed by atoms with Gasteiger partial charge in [0.15, 0.2) is 0 Å². The average Bonchev–Trinajstić information content (AvgIpc) is 3.07. The molecule has 8 N–H and O–H groups in total. The van der Waals surface area contributed by atoms with Crippen molar-refractivity contribution in [2.24, 2.45) is 5.73 Å². The van der Waals surface area contributed by atoms with Crippen molar-refractivity contribution in [1.29, 1.82) is 0 Å². The number of carboxylic acid groups (broad SMARTS) is 3. The number of hydrogen-bond acceptors (Lipinski definition) is 9. The van der Waals surface area contributed by atoms with Crippen LogP contribution in [0.2, 0.25) is 0 Å². The van der Waals surface area contributed by atoms with E-state index < -0.39 is 53.8 Å². The van der Waals surface area contributed by atoms with Gasteiger partial charge >= 0.3 is 17.9 Å². The van der Waals surface area contributed by atoms with Gasteiger partial charge in [0.2, 0.25) is 23.6 Å². The zero-order valence-electron chi connectivity index (χ0n) is 30.2. The number of carbonyl (C=O) groups excluding carboxylic acids is 5. The molecule has 0 radical (unpaired) electrons. The van der Waals surface area contributed by atoms with Crippen molar-refractivity contribution >= 4 is 47.8 Å². The van der Waals surface area contributed by atoms with E-state index in [4.69, 9.17) is 10.8 Å². The third-order valence-corrected chi connectivity index (χ3v) is 8.44. The molecule has 292 valence electrons. The zero-order valence-corrected chi connectivity index (χ0v) is 30.2. The van der Waals surface area contributed by atoms with E-state index in [0.29, 0.717) is 32.0 Å². The number of nitrogens with two attached hydrogens (primary N) is 1. The summed E-state index contributed by atoms with van der Waals surface area (Å²) in [6.07, 6.45) is 13.4. The number of nitrogens with zero attached hydrogens (tertiary/aromatic N) is 1. The number of aldehydes is 1. The highest BCUT2D eigenvalue weighted by Crippen LogP contribution is 2.13. The monoisotopic (exact) mass is 727 g/mol. The molecule has 0 aliphatic heterocycles. The number of likely N-dealkylation sites (N-methyl/N-ethyl adjacent to an activating group) is 1. The Balaban J connectivity index is 4.19. The highest BCUT2D eigenvalue weighted by Gasteiger charge is 2.24. The second-order valence-corrected chi connectivity index (χ2v) is 13.0. The molecule has 16 nitrogen and oxygen atoms in total. The Morgan fingerprint density at radius 2 is 1.02 bits per heavy atom. The summed E-state index contributed by atoms with van der Waals surface area (Å²) in [7, 11) is 1.48. The predicted octanol–water partition coefficient (Wildman–Crippen LogP) is 2.50. The number of amides is 4. The van der Waals surface area contributed by atoms with Crippen molar-refractivity contribution in [1.82, 2.24) is 20.9 Å². The molecule has 0 rings (SSSR count). The number of aliphatic carboxylic acids is 3. The van der Waals surface area contributed by atoms with Gasteiger partial charge in [-0.3, -0.25) is 24.0 Å². The minimum atomic E-state index is -1.37. The van der Waals surface area contributed by atoms with Crippen LogP contribution in [-0.4, -0.2) is 106 Å². The molecular weight excluding hydrogens is 666 g/mol. The Morgan fingerprint density at radius 1 is 0.588 bits per heavy atom. The van der Waals surface area contributed by atoms with E-state index in [1.165, 1.54) is 11.9 Å². The van der Waals surface area contributed by atoms with E-state index in [1.54, 1.807) is 0 Å². The van der Waals surface area contributed by atoms with E-state index in [1.807, 2.05) is 0 Å². The van der Waals surface area contributed by atoms with Crippen LogP contribution in [0.4, 0.5) is 0 Å². The summed E-state index contributed by atoms with van der Waals surface area (Å²) in [6, 6.07) is -3.43. The quantitative estimate of drug-likeness (QED) is 0.0380. The third-order valence-electron chi connectivity index (χ3n) is 8.44. The fraction of sp³-hybridized carbons (Fsp3) is 0.771. The van der Waals surface area contributed by atoms with E-state index in [0.717, 1.165) is 70.6 Å². The number of carboxylic acids is 3. The van der Waals surface area contributed by atoms with Crippen molar-refractivity contribution in [2.75, 3.05) is 20.1 Å². The van der Waals surface area contributed by atoms with Crippen LogP contribution in [0.5, 0.6) is 0 Å². The molecule has 0 aliphatic rings. The first-order valence-corrected chi connectivity index (χ1v) is 18.2. The predicted molar refractivity (Wildman–Crippen MR) is 188 cm³/mol. The molecule has 0 spiro atoms. The largest absolute Gasteiger partial charge is 0.481 e. The summed E-state index contributed by atoms with van der Waals surface area (Å²) in [5, 5.41) is 35.0. The SMILES string of the molecule is CN(CC=O)C(=O)C(N)CCCCNC(=O)CCC(NC(=O)CCC(NC(=O)CCCCCCCCCCCCCCC(=O)O)C(=O)O)C(=O)O. The second kappa shape index (κ2) is 29.6. The fourth-order valence-electron chi connectivity index (χ4n) is 5.34. The van der Waals surface area contributed by atoms with Crippen LogP contribution < -0.4 is 21.7 Å². The maximum absolute atomic E-state index is 12.4. The number of unbranched alkanes of at least 4 members (excludes halogenated alkanes) is 12. The van der Waals surface area contributed by atoms with Crippen LogP contribution in [0.3, 0.4) is 0 Å². The molecule has 0 aliphatic carbocycles. The van der Waals surface area contributed by atoms with Gasteiger partial charge in [-0.1, -0.05) is 64.2 Å². The topological polar surface area (TPSA) is 263 Å². The molecule has 0 aromatic carbocycles. The van der Waals surface area contributed by atoms with Gasteiger partial charge in [0, 0.05) is 39.3 Å². The molecule has 0 heterocycles. The number of hydrogen-bond donors (Lipinski definition) is 7. The van der Waals surface area contributed by atoms with Crippen LogP contribution >= 0.6 is 0 Å². The van der Waals surface area contributed by atoms with Gasteiger partial charge < -0.3 is 46.7 Å². The van der Waals surface area contributed by atoms with E-state index in [9.17, 15) is 48.6 Å². The van der Waals surface area contributed by atoms with E-state index in [2.05, 4.69) is 16.0 Å². The fourth-order valence-corrected chi connectivity index (χ4v) is 5.34. The van der Waals surface area contributed by atoms with Gasteiger partial charge in [0.05, 0.1) is 12.6 Å². The number of rotatable bonds is 33. The first kappa shape index (κ1) is 46.9. The van der Waals surface area contributed by atoms with E-state index >= 15 is 0 Å². The molecule has 0 bridgehead atoms. The van der Waals surface area contributed by atoms with E-state index in [-0.39, 0.29) is 57.5 Å².